The van der Waals surface area contributed by atoms with Crippen molar-refractivity contribution in [3.63, 3.8) is 0 Å². The van der Waals surface area contributed by atoms with Crippen LogP contribution in [-0.2, 0) is 13.3 Å². The molecule has 0 aromatic heterocycles. The van der Waals surface area contributed by atoms with Gasteiger partial charge in [0.2, 0.25) is 5.91 Å². The Morgan fingerprint density at radius 1 is 1.08 bits per heavy atom. The first-order chi connectivity index (χ1) is 12.5. The molecule has 146 valence electrons. The summed E-state index contributed by atoms with van der Waals surface area (Å²) in [4.78, 5) is 24.0. The molecule has 9 heteroatoms. The van der Waals surface area contributed by atoms with Gasteiger partial charge in [0, 0.05) is 37.3 Å². The van der Waals surface area contributed by atoms with Crippen LogP contribution in [-0.4, -0.2) is 46.3 Å². The minimum atomic E-state index is -2.68. The normalized spacial score (nSPS) is 11.3. The van der Waals surface area contributed by atoms with E-state index in [1.165, 1.54) is 0 Å². The molecule has 0 aliphatic rings. The molecule has 0 heterocycles. The monoisotopic (exact) mass is 400 g/mol. The van der Waals surface area contributed by atoms with Gasteiger partial charge in [-0.2, -0.15) is 0 Å². The third-order valence-corrected chi connectivity index (χ3v) is 7.43. The maximum absolute atomic E-state index is 12.1. The van der Waals surface area contributed by atoms with Crippen molar-refractivity contribution < 1.29 is 22.9 Å². The number of thioether (sulfide) groups is 1. The van der Waals surface area contributed by atoms with Gasteiger partial charge in [0.15, 0.2) is 0 Å². The lowest BCUT2D eigenvalue weighted by molar-refractivity contribution is 0.0708. The van der Waals surface area contributed by atoms with Gasteiger partial charge in [-0.3, -0.25) is 9.59 Å². The van der Waals surface area contributed by atoms with Crippen LogP contribution in [0.5, 0.6) is 0 Å². The molecule has 26 heavy (non-hydrogen) atoms. The second-order valence-electron chi connectivity index (χ2n) is 5.26. The molecule has 0 fully saturated rings. The molecule has 1 aromatic carbocycles. The summed E-state index contributed by atoms with van der Waals surface area (Å²) in [6.45, 7) is 7.78. The van der Waals surface area contributed by atoms with E-state index < -0.39 is 14.7 Å². The summed E-state index contributed by atoms with van der Waals surface area (Å²) in [5.74, 6) is -0.554. The van der Waals surface area contributed by atoms with Gasteiger partial charge < -0.3 is 24.3 Å². The number of nitrogens with two attached hydrogens (primary N) is 1. The molecule has 0 atom stereocenters. The highest BCUT2D eigenvalue weighted by Gasteiger charge is 2.39. The average Bonchev–Trinajstić information content (AvgIpc) is 2.60. The van der Waals surface area contributed by atoms with Crippen molar-refractivity contribution in [1.82, 2.24) is 5.32 Å². The van der Waals surface area contributed by atoms with Crippen molar-refractivity contribution in [3.8, 4) is 0 Å². The zero-order valence-corrected chi connectivity index (χ0v) is 17.4. The zero-order valence-electron chi connectivity index (χ0n) is 15.6. The Morgan fingerprint density at radius 2 is 1.65 bits per heavy atom. The van der Waals surface area contributed by atoms with Crippen molar-refractivity contribution >= 4 is 31.7 Å². The number of hydrogen-bond donors (Lipinski definition) is 2. The number of benzene rings is 1. The first kappa shape index (κ1) is 22.6. The van der Waals surface area contributed by atoms with Crippen LogP contribution in [0.1, 0.15) is 37.6 Å². The van der Waals surface area contributed by atoms with Gasteiger partial charge >= 0.3 is 8.80 Å². The quantitative estimate of drug-likeness (QED) is 0.318. The topological polar surface area (TPSA) is 99.9 Å². The molecular weight excluding hydrogens is 372 g/mol. The highest BCUT2D eigenvalue weighted by molar-refractivity contribution is 8.13. The molecule has 1 aromatic rings. The van der Waals surface area contributed by atoms with E-state index in [9.17, 15) is 9.59 Å². The molecule has 0 aliphatic heterocycles. The van der Waals surface area contributed by atoms with Gasteiger partial charge in [0.1, 0.15) is 0 Å². The van der Waals surface area contributed by atoms with E-state index in [0.717, 1.165) is 11.8 Å². The Balaban J connectivity index is 2.51. The van der Waals surface area contributed by atoms with Gasteiger partial charge in [-0.1, -0.05) is 12.1 Å². The predicted octanol–water partition coefficient (Wildman–Crippen LogP) is 3.03. The fourth-order valence-corrected chi connectivity index (χ4v) is 5.80. The fourth-order valence-electron chi connectivity index (χ4n) is 2.39. The van der Waals surface area contributed by atoms with Gasteiger partial charge in [-0.25, -0.2) is 0 Å². The molecule has 7 nitrogen and oxygen atoms in total. The largest absolute Gasteiger partial charge is 0.500 e. The molecule has 0 saturated heterocycles. The Labute approximate surface area is 160 Å². The van der Waals surface area contributed by atoms with E-state index in [2.05, 4.69) is 5.32 Å². The van der Waals surface area contributed by atoms with Gasteiger partial charge in [0.05, 0.1) is 5.56 Å². The summed E-state index contributed by atoms with van der Waals surface area (Å²) in [6.07, 6.45) is 0.677. The fraction of sp³-hybridized carbons (Fsp3) is 0.529. The second-order valence-corrected chi connectivity index (χ2v) is 9.01. The van der Waals surface area contributed by atoms with Gasteiger partial charge in [0.25, 0.3) is 5.24 Å². The number of rotatable bonds is 12. The third kappa shape index (κ3) is 7.46. The van der Waals surface area contributed by atoms with Crippen molar-refractivity contribution in [1.29, 1.82) is 0 Å². The minimum Gasteiger partial charge on any atom is -0.374 e. The van der Waals surface area contributed by atoms with E-state index in [1.54, 1.807) is 24.3 Å². The van der Waals surface area contributed by atoms with Crippen LogP contribution in [0.4, 0.5) is 4.79 Å². The summed E-state index contributed by atoms with van der Waals surface area (Å²) in [5.41, 5.74) is 5.66. The number of carbonyl (C=O) groups is 2. The van der Waals surface area contributed by atoms with E-state index in [4.69, 9.17) is 19.0 Å². The average molecular weight is 401 g/mol. The zero-order chi connectivity index (χ0) is 19.4. The Morgan fingerprint density at radius 3 is 2.19 bits per heavy atom. The van der Waals surface area contributed by atoms with Crippen molar-refractivity contribution in [2.45, 2.75) is 38.1 Å². The summed E-state index contributed by atoms with van der Waals surface area (Å²) in [6, 6.07) is 7.40. The van der Waals surface area contributed by atoms with Crippen molar-refractivity contribution in [2.75, 3.05) is 26.4 Å². The number of nitrogens with one attached hydrogen (secondary N) is 1. The molecule has 0 unspecified atom stereocenters. The van der Waals surface area contributed by atoms with Crippen molar-refractivity contribution in [2.24, 2.45) is 5.73 Å². The summed E-state index contributed by atoms with van der Waals surface area (Å²) in [5, 5.41) is 2.58. The Hall–Kier alpha value is -1.39. The molecule has 0 radical (unpaired) electrons. The Kier molecular flexibility index (Phi) is 10.5. The smallest absolute Gasteiger partial charge is 0.374 e. The standard InChI is InChI=1S/C17H28N2O5SSi/c1-4-22-26(23-5-2,24-6-3)13-9-12-19-17(21)25-15-11-8-7-10-14(15)16(18)20/h7-8,10-11H,4-6,9,12-13H2,1-3H3,(H2,18,20)(H,19,21). The van der Waals surface area contributed by atoms with Crippen LogP contribution in [0, 0.1) is 0 Å². The first-order valence-corrected chi connectivity index (χ1v) is 11.5. The summed E-state index contributed by atoms with van der Waals surface area (Å²) in [7, 11) is -2.68. The Bertz CT molecular complexity index is 571. The van der Waals surface area contributed by atoms with Crippen LogP contribution < -0.4 is 11.1 Å². The molecule has 1 rings (SSSR count). The van der Waals surface area contributed by atoms with E-state index in [0.29, 0.717) is 49.3 Å². The first-order valence-electron chi connectivity index (χ1n) is 8.74. The van der Waals surface area contributed by atoms with Crippen molar-refractivity contribution in [3.05, 3.63) is 29.8 Å². The lowest BCUT2D eigenvalue weighted by atomic mass is 10.2. The molecule has 0 bridgehead atoms. The lowest BCUT2D eigenvalue weighted by Crippen LogP contribution is -2.46. The van der Waals surface area contributed by atoms with Crippen LogP contribution in [0.3, 0.4) is 0 Å². The third-order valence-electron chi connectivity index (χ3n) is 3.38. The van der Waals surface area contributed by atoms with Crippen LogP contribution >= 0.6 is 11.8 Å². The van der Waals surface area contributed by atoms with E-state index in [1.807, 2.05) is 20.8 Å². The van der Waals surface area contributed by atoms with E-state index in [-0.39, 0.29) is 5.24 Å². The van der Waals surface area contributed by atoms with Crippen LogP contribution in [0.25, 0.3) is 0 Å². The van der Waals surface area contributed by atoms with E-state index >= 15 is 0 Å². The minimum absolute atomic E-state index is 0.241. The maximum atomic E-state index is 12.1. The number of primary amides is 1. The lowest BCUT2D eigenvalue weighted by Gasteiger charge is -2.28. The number of carbonyl (C=O) groups excluding carboxylic acids is 2. The molecule has 0 aliphatic carbocycles. The van der Waals surface area contributed by atoms with Gasteiger partial charge in [-0.15, -0.1) is 0 Å². The van der Waals surface area contributed by atoms with Crippen LogP contribution in [0.2, 0.25) is 6.04 Å². The molecule has 2 amide bonds. The molecule has 3 N–H and O–H groups in total. The maximum Gasteiger partial charge on any atom is 0.500 e. The summed E-state index contributed by atoms with van der Waals surface area (Å²) >= 11 is 0.954. The SMILES string of the molecule is CCO[Si](CCCNC(=O)Sc1ccccc1C(N)=O)(OCC)OCC. The van der Waals surface area contributed by atoms with Gasteiger partial charge in [-0.05, 0) is 51.1 Å². The molecule has 0 spiro atoms. The van der Waals surface area contributed by atoms with Crippen LogP contribution in [0.15, 0.2) is 29.2 Å². The number of amides is 2. The second kappa shape index (κ2) is 12.1. The predicted molar refractivity (Wildman–Crippen MR) is 104 cm³/mol. The highest BCUT2D eigenvalue weighted by atomic mass is 32.2. The summed E-state index contributed by atoms with van der Waals surface area (Å²) < 4.78 is 17.3. The molecule has 0 saturated carbocycles. The highest BCUT2D eigenvalue weighted by Crippen LogP contribution is 2.23. The molecular formula is C17H28N2O5SSi. The number of hydrogen-bond acceptors (Lipinski definition) is 6.